The number of carbonyl (C=O) groups is 3. The van der Waals surface area contributed by atoms with Gasteiger partial charge in [-0.1, -0.05) is 6.07 Å². The molecule has 0 radical (unpaired) electrons. The number of imide groups is 1. The molecule has 1 saturated heterocycles. The summed E-state index contributed by atoms with van der Waals surface area (Å²) in [5.74, 6) is 0.921. The maximum absolute atomic E-state index is 13.1. The minimum absolute atomic E-state index is 0.115. The fourth-order valence-corrected chi connectivity index (χ4v) is 3.50. The molecule has 4 rings (SSSR count). The van der Waals surface area contributed by atoms with Crippen LogP contribution in [0.3, 0.4) is 0 Å². The van der Waals surface area contributed by atoms with E-state index in [4.69, 9.17) is 18.9 Å². The van der Waals surface area contributed by atoms with Gasteiger partial charge in [0, 0.05) is 11.8 Å². The zero-order chi connectivity index (χ0) is 22.2. The van der Waals surface area contributed by atoms with Gasteiger partial charge in [0.2, 0.25) is 12.7 Å². The SMILES string of the molecule is COc1ccc([C@]2(C)NC(=O)N(CC(=O)Nc3ccc4c(c3)OCO4)C2=O)cc1OC. The number of urea groups is 1. The number of hydrogen-bond acceptors (Lipinski definition) is 7. The second kappa shape index (κ2) is 7.71. The molecular formula is C21H21N3O7. The molecule has 2 N–H and O–H groups in total. The lowest BCUT2D eigenvalue weighted by Crippen LogP contribution is -2.42. The fourth-order valence-electron chi connectivity index (χ4n) is 3.50. The highest BCUT2D eigenvalue weighted by molar-refractivity contribution is 6.10. The Bertz CT molecular complexity index is 1070. The zero-order valence-electron chi connectivity index (χ0n) is 17.2. The molecule has 0 spiro atoms. The van der Waals surface area contributed by atoms with Crippen molar-refractivity contribution in [2.24, 2.45) is 0 Å². The normalized spacial score (nSPS) is 19.3. The number of nitrogens with zero attached hydrogens (tertiary/aromatic N) is 1. The van der Waals surface area contributed by atoms with Gasteiger partial charge >= 0.3 is 6.03 Å². The number of hydrogen-bond donors (Lipinski definition) is 2. The highest BCUT2D eigenvalue weighted by Gasteiger charge is 2.49. The van der Waals surface area contributed by atoms with Crippen molar-refractivity contribution >= 4 is 23.5 Å². The molecule has 2 aromatic rings. The minimum Gasteiger partial charge on any atom is -0.493 e. The van der Waals surface area contributed by atoms with Gasteiger partial charge in [0.05, 0.1) is 14.2 Å². The van der Waals surface area contributed by atoms with Crippen LogP contribution in [0.1, 0.15) is 12.5 Å². The van der Waals surface area contributed by atoms with E-state index in [1.807, 2.05) is 0 Å². The summed E-state index contributed by atoms with van der Waals surface area (Å²) >= 11 is 0. The van der Waals surface area contributed by atoms with Gasteiger partial charge in [-0.15, -0.1) is 0 Å². The van der Waals surface area contributed by atoms with Crippen molar-refractivity contribution in [1.29, 1.82) is 0 Å². The Balaban J connectivity index is 1.49. The van der Waals surface area contributed by atoms with Crippen LogP contribution in [-0.2, 0) is 15.1 Å². The lowest BCUT2D eigenvalue weighted by atomic mass is 9.91. The number of anilines is 1. The van der Waals surface area contributed by atoms with Gasteiger partial charge in [0.15, 0.2) is 23.0 Å². The van der Waals surface area contributed by atoms with Gasteiger partial charge in [0.25, 0.3) is 5.91 Å². The number of benzene rings is 2. The molecule has 0 aliphatic carbocycles. The van der Waals surface area contributed by atoms with Crippen molar-refractivity contribution in [1.82, 2.24) is 10.2 Å². The number of fused-ring (bicyclic) bond motifs is 1. The average molecular weight is 427 g/mol. The molecule has 2 heterocycles. The standard InChI is InChI=1S/C21H21N3O7/c1-21(12-4-6-14(28-2)16(8-12)29-3)19(26)24(20(27)23-21)10-18(25)22-13-5-7-15-17(9-13)31-11-30-15/h4-9H,10-11H2,1-3H3,(H,22,25)(H,23,27)/t21-/m0/s1. The molecule has 4 amide bonds. The van der Waals surface area contributed by atoms with Crippen LogP contribution in [0.4, 0.5) is 10.5 Å². The van der Waals surface area contributed by atoms with E-state index >= 15 is 0 Å². The first-order chi connectivity index (χ1) is 14.9. The predicted molar refractivity (Wildman–Crippen MR) is 108 cm³/mol. The summed E-state index contributed by atoms with van der Waals surface area (Å²) < 4.78 is 21.0. The lowest BCUT2D eigenvalue weighted by molar-refractivity contribution is -0.133. The monoisotopic (exact) mass is 427 g/mol. The first-order valence-electron chi connectivity index (χ1n) is 9.42. The molecular weight excluding hydrogens is 406 g/mol. The molecule has 31 heavy (non-hydrogen) atoms. The molecule has 0 bridgehead atoms. The maximum Gasteiger partial charge on any atom is 0.325 e. The van der Waals surface area contributed by atoms with Crippen LogP contribution in [0, 0.1) is 0 Å². The first kappa shape index (κ1) is 20.3. The van der Waals surface area contributed by atoms with Crippen LogP contribution in [0.2, 0.25) is 0 Å². The highest BCUT2D eigenvalue weighted by atomic mass is 16.7. The van der Waals surface area contributed by atoms with Crippen LogP contribution in [0.5, 0.6) is 23.0 Å². The van der Waals surface area contributed by atoms with E-state index in [1.165, 1.54) is 14.2 Å². The summed E-state index contributed by atoms with van der Waals surface area (Å²) in [6, 6.07) is 9.18. The van der Waals surface area contributed by atoms with Gasteiger partial charge in [-0.25, -0.2) is 4.79 Å². The third-order valence-electron chi connectivity index (χ3n) is 5.19. The highest BCUT2D eigenvalue weighted by Crippen LogP contribution is 2.36. The van der Waals surface area contributed by atoms with Crippen LogP contribution < -0.4 is 29.6 Å². The minimum atomic E-state index is -1.35. The molecule has 0 unspecified atom stereocenters. The molecule has 2 aromatic carbocycles. The van der Waals surface area contributed by atoms with E-state index in [-0.39, 0.29) is 6.79 Å². The van der Waals surface area contributed by atoms with Gasteiger partial charge in [-0.05, 0) is 36.8 Å². The summed E-state index contributed by atoms with van der Waals surface area (Å²) in [6.45, 7) is 1.25. The fraction of sp³-hybridized carbons (Fsp3) is 0.286. The molecule has 0 aromatic heterocycles. The van der Waals surface area contributed by atoms with Crippen molar-refractivity contribution in [2.45, 2.75) is 12.5 Å². The van der Waals surface area contributed by atoms with Gasteiger partial charge in [-0.2, -0.15) is 0 Å². The van der Waals surface area contributed by atoms with Gasteiger partial charge in [0.1, 0.15) is 12.1 Å². The molecule has 2 aliphatic rings. The molecule has 10 nitrogen and oxygen atoms in total. The summed E-state index contributed by atoms with van der Waals surface area (Å²) in [7, 11) is 2.98. The Morgan fingerprint density at radius 3 is 2.58 bits per heavy atom. The van der Waals surface area contributed by atoms with E-state index in [1.54, 1.807) is 43.3 Å². The Labute approximate surface area is 178 Å². The smallest absolute Gasteiger partial charge is 0.325 e. The van der Waals surface area contributed by atoms with Crippen LogP contribution in [0.15, 0.2) is 36.4 Å². The maximum atomic E-state index is 13.1. The summed E-state index contributed by atoms with van der Waals surface area (Å²) in [5.41, 5.74) is -0.388. The first-order valence-corrected chi connectivity index (χ1v) is 9.42. The Morgan fingerprint density at radius 1 is 1.10 bits per heavy atom. The number of ether oxygens (including phenoxy) is 4. The third-order valence-corrected chi connectivity index (χ3v) is 5.19. The van der Waals surface area contributed by atoms with E-state index in [9.17, 15) is 14.4 Å². The number of amides is 4. The van der Waals surface area contributed by atoms with E-state index in [0.29, 0.717) is 34.2 Å². The van der Waals surface area contributed by atoms with Crippen molar-refractivity contribution in [3.63, 3.8) is 0 Å². The third kappa shape index (κ3) is 3.56. The van der Waals surface area contributed by atoms with E-state index in [2.05, 4.69) is 10.6 Å². The number of carbonyl (C=O) groups excluding carboxylic acids is 3. The Hall–Kier alpha value is -3.95. The second-order valence-electron chi connectivity index (χ2n) is 7.13. The lowest BCUT2D eigenvalue weighted by Gasteiger charge is -2.23. The molecule has 10 heteroatoms. The van der Waals surface area contributed by atoms with Gasteiger partial charge in [-0.3, -0.25) is 14.5 Å². The topological polar surface area (TPSA) is 115 Å². The molecule has 162 valence electrons. The number of methoxy groups -OCH3 is 2. The average Bonchev–Trinajstić information content (AvgIpc) is 3.31. The van der Waals surface area contributed by atoms with E-state index < -0.39 is 29.9 Å². The molecule has 0 saturated carbocycles. The van der Waals surface area contributed by atoms with Gasteiger partial charge < -0.3 is 29.6 Å². The predicted octanol–water partition coefficient (Wildman–Crippen LogP) is 1.84. The van der Waals surface area contributed by atoms with Crippen LogP contribution >= 0.6 is 0 Å². The van der Waals surface area contributed by atoms with Crippen molar-refractivity contribution in [2.75, 3.05) is 32.9 Å². The summed E-state index contributed by atoms with van der Waals surface area (Å²) in [5, 5.41) is 5.32. The summed E-state index contributed by atoms with van der Waals surface area (Å²) in [6.07, 6.45) is 0. The quantitative estimate of drug-likeness (QED) is 0.676. The van der Waals surface area contributed by atoms with E-state index in [0.717, 1.165) is 4.90 Å². The summed E-state index contributed by atoms with van der Waals surface area (Å²) in [4.78, 5) is 39.0. The molecule has 1 atom stereocenters. The van der Waals surface area contributed by atoms with Crippen molar-refractivity contribution in [3.05, 3.63) is 42.0 Å². The number of rotatable bonds is 6. The molecule has 2 aliphatic heterocycles. The van der Waals surface area contributed by atoms with Crippen LogP contribution in [-0.4, -0.2) is 50.3 Å². The Morgan fingerprint density at radius 2 is 1.84 bits per heavy atom. The second-order valence-corrected chi connectivity index (χ2v) is 7.13. The largest absolute Gasteiger partial charge is 0.493 e. The Kier molecular flexibility index (Phi) is 5.05. The molecule has 1 fully saturated rings. The number of nitrogens with one attached hydrogen (secondary N) is 2. The van der Waals surface area contributed by atoms with Crippen molar-refractivity contribution in [3.8, 4) is 23.0 Å². The zero-order valence-corrected chi connectivity index (χ0v) is 17.2. The van der Waals surface area contributed by atoms with Crippen LogP contribution in [0.25, 0.3) is 0 Å². The van der Waals surface area contributed by atoms with Crippen molar-refractivity contribution < 1.29 is 33.3 Å².